The topological polar surface area (TPSA) is 49.3 Å². The molecule has 2 atom stereocenters. The van der Waals surface area contributed by atoms with Gasteiger partial charge in [0.15, 0.2) is 0 Å². The third-order valence-corrected chi connectivity index (χ3v) is 3.90. The number of fused-ring (bicyclic) bond motifs is 1. The standard InChI is InChI=1S/C17H16FNO2/c1-10-13-8-12(18)9-14(16(13)19-17(10)21)15(20)7-11-5-3-2-4-6-11/h2-6,8-10,15,20H,7H2,1H3,(H,19,21). The third kappa shape index (κ3) is 2.54. The van der Waals surface area contributed by atoms with Gasteiger partial charge in [0.2, 0.25) is 5.91 Å². The Balaban J connectivity index is 1.96. The third-order valence-electron chi connectivity index (χ3n) is 3.90. The number of hydrogen-bond acceptors (Lipinski definition) is 2. The first kappa shape index (κ1) is 13.8. The van der Waals surface area contributed by atoms with Gasteiger partial charge in [-0.3, -0.25) is 4.79 Å². The fourth-order valence-corrected chi connectivity index (χ4v) is 2.72. The van der Waals surface area contributed by atoms with Crippen molar-refractivity contribution in [3.63, 3.8) is 0 Å². The van der Waals surface area contributed by atoms with Gasteiger partial charge in [-0.2, -0.15) is 0 Å². The van der Waals surface area contributed by atoms with Gasteiger partial charge in [0.1, 0.15) is 5.82 Å². The summed E-state index contributed by atoms with van der Waals surface area (Å²) in [6.45, 7) is 1.73. The Morgan fingerprint density at radius 1 is 1.29 bits per heavy atom. The first-order chi connectivity index (χ1) is 10.1. The van der Waals surface area contributed by atoms with Crippen LogP contribution < -0.4 is 5.32 Å². The number of carbonyl (C=O) groups excluding carboxylic acids is 1. The van der Waals surface area contributed by atoms with E-state index in [1.54, 1.807) is 6.92 Å². The molecule has 1 amide bonds. The number of aliphatic hydroxyl groups is 1. The summed E-state index contributed by atoms with van der Waals surface area (Å²) in [6.07, 6.45) is -0.483. The normalized spacial score (nSPS) is 18.2. The van der Waals surface area contributed by atoms with E-state index in [9.17, 15) is 14.3 Å². The fourth-order valence-electron chi connectivity index (χ4n) is 2.72. The van der Waals surface area contributed by atoms with Crippen molar-refractivity contribution >= 4 is 11.6 Å². The van der Waals surface area contributed by atoms with E-state index < -0.39 is 17.8 Å². The van der Waals surface area contributed by atoms with E-state index in [2.05, 4.69) is 5.32 Å². The molecule has 2 N–H and O–H groups in total. The molecular formula is C17H16FNO2. The zero-order valence-corrected chi connectivity index (χ0v) is 11.6. The van der Waals surface area contributed by atoms with Gasteiger partial charge in [-0.25, -0.2) is 4.39 Å². The Labute approximate surface area is 122 Å². The maximum atomic E-state index is 13.8. The average Bonchev–Trinajstić information content (AvgIpc) is 2.75. The second-order valence-electron chi connectivity index (χ2n) is 5.38. The minimum atomic E-state index is -0.859. The van der Waals surface area contributed by atoms with E-state index in [0.29, 0.717) is 23.2 Å². The van der Waals surface area contributed by atoms with Gasteiger partial charge in [0, 0.05) is 12.0 Å². The first-order valence-electron chi connectivity index (χ1n) is 6.92. The van der Waals surface area contributed by atoms with Crippen molar-refractivity contribution in [2.45, 2.75) is 25.4 Å². The molecule has 1 heterocycles. The quantitative estimate of drug-likeness (QED) is 0.910. The van der Waals surface area contributed by atoms with Crippen LogP contribution in [0.1, 0.15) is 35.6 Å². The Kier molecular flexibility index (Phi) is 3.47. The molecule has 2 aromatic carbocycles. The average molecular weight is 285 g/mol. The monoisotopic (exact) mass is 285 g/mol. The molecule has 2 unspecified atom stereocenters. The summed E-state index contributed by atoms with van der Waals surface area (Å²) in [6, 6.07) is 12.1. The summed E-state index contributed by atoms with van der Waals surface area (Å²) in [5.74, 6) is -0.985. The van der Waals surface area contributed by atoms with Crippen molar-refractivity contribution < 1.29 is 14.3 Å². The van der Waals surface area contributed by atoms with Gasteiger partial charge in [-0.05, 0) is 30.2 Å². The number of benzene rings is 2. The van der Waals surface area contributed by atoms with Crippen molar-refractivity contribution in [1.29, 1.82) is 0 Å². The minimum Gasteiger partial charge on any atom is -0.388 e. The number of nitrogens with one attached hydrogen (secondary N) is 1. The number of amides is 1. The molecule has 0 radical (unpaired) electrons. The van der Waals surface area contributed by atoms with Crippen LogP contribution in [0.25, 0.3) is 0 Å². The molecule has 108 valence electrons. The summed E-state index contributed by atoms with van der Waals surface area (Å²) >= 11 is 0. The Bertz CT molecular complexity index is 685. The van der Waals surface area contributed by atoms with Gasteiger partial charge in [0.05, 0.1) is 17.7 Å². The zero-order chi connectivity index (χ0) is 15.0. The molecule has 3 rings (SSSR count). The highest BCUT2D eigenvalue weighted by Crippen LogP contribution is 2.39. The lowest BCUT2D eigenvalue weighted by molar-refractivity contribution is -0.116. The number of aliphatic hydroxyl groups excluding tert-OH is 1. The lowest BCUT2D eigenvalue weighted by Crippen LogP contribution is -2.10. The molecule has 2 aromatic rings. The molecule has 0 aliphatic carbocycles. The Morgan fingerprint density at radius 2 is 2.00 bits per heavy atom. The molecule has 21 heavy (non-hydrogen) atoms. The van der Waals surface area contributed by atoms with Crippen LogP contribution in [0.3, 0.4) is 0 Å². The van der Waals surface area contributed by atoms with Gasteiger partial charge in [-0.15, -0.1) is 0 Å². The second-order valence-corrected chi connectivity index (χ2v) is 5.38. The molecule has 1 aliphatic rings. The molecular weight excluding hydrogens is 269 g/mol. The largest absolute Gasteiger partial charge is 0.388 e. The van der Waals surface area contributed by atoms with Gasteiger partial charge in [-0.1, -0.05) is 30.3 Å². The van der Waals surface area contributed by atoms with Crippen LogP contribution in [0.5, 0.6) is 0 Å². The van der Waals surface area contributed by atoms with Gasteiger partial charge < -0.3 is 10.4 Å². The summed E-state index contributed by atoms with van der Waals surface area (Å²) in [7, 11) is 0. The molecule has 3 nitrogen and oxygen atoms in total. The van der Waals surface area contributed by atoms with Gasteiger partial charge >= 0.3 is 0 Å². The molecule has 0 saturated carbocycles. The number of anilines is 1. The molecule has 1 aliphatic heterocycles. The summed E-state index contributed by atoms with van der Waals surface area (Å²) in [5.41, 5.74) is 2.56. The highest BCUT2D eigenvalue weighted by molar-refractivity contribution is 6.03. The van der Waals surface area contributed by atoms with Crippen molar-refractivity contribution in [3.05, 3.63) is 65.0 Å². The highest BCUT2D eigenvalue weighted by atomic mass is 19.1. The fraction of sp³-hybridized carbons (Fsp3) is 0.235. The van der Waals surface area contributed by atoms with Crippen molar-refractivity contribution in [1.82, 2.24) is 0 Å². The smallest absolute Gasteiger partial charge is 0.231 e. The van der Waals surface area contributed by atoms with E-state index in [0.717, 1.165) is 5.56 Å². The molecule has 0 spiro atoms. The van der Waals surface area contributed by atoms with Crippen LogP contribution in [0.4, 0.5) is 10.1 Å². The minimum absolute atomic E-state index is 0.163. The van der Waals surface area contributed by atoms with E-state index in [-0.39, 0.29) is 5.91 Å². The van der Waals surface area contributed by atoms with Crippen LogP contribution in [0, 0.1) is 5.82 Å². The molecule has 0 bridgehead atoms. The molecule has 0 saturated heterocycles. The van der Waals surface area contributed by atoms with Crippen LogP contribution in [0.2, 0.25) is 0 Å². The lowest BCUT2D eigenvalue weighted by atomic mass is 9.95. The molecule has 4 heteroatoms. The molecule has 0 fully saturated rings. The predicted octanol–water partition coefficient (Wildman–Crippen LogP) is 3.16. The van der Waals surface area contributed by atoms with Crippen LogP contribution in [-0.2, 0) is 11.2 Å². The highest BCUT2D eigenvalue weighted by Gasteiger charge is 2.31. The zero-order valence-electron chi connectivity index (χ0n) is 11.6. The summed E-state index contributed by atoms with van der Waals surface area (Å²) in [4.78, 5) is 11.8. The van der Waals surface area contributed by atoms with Crippen LogP contribution >= 0.6 is 0 Å². The number of hydrogen-bond donors (Lipinski definition) is 2. The predicted molar refractivity (Wildman–Crippen MR) is 78.6 cm³/mol. The van der Waals surface area contributed by atoms with E-state index >= 15 is 0 Å². The van der Waals surface area contributed by atoms with Crippen molar-refractivity contribution in [2.75, 3.05) is 5.32 Å². The number of rotatable bonds is 3. The first-order valence-corrected chi connectivity index (χ1v) is 6.92. The van der Waals surface area contributed by atoms with Gasteiger partial charge in [0.25, 0.3) is 0 Å². The van der Waals surface area contributed by atoms with Crippen LogP contribution in [-0.4, -0.2) is 11.0 Å². The molecule has 0 aromatic heterocycles. The number of carbonyl (C=O) groups is 1. The van der Waals surface area contributed by atoms with Crippen LogP contribution in [0.15, 0.2) is 42.5 Å². The second kappa shape index (κ2) is 5.30. The maximum Gasteiger partial charge on any atom is 0.231 e. The Morgan fingerprint density at radius 3 is 2.71 bits per heavy atom. The van der Waals surface area contributed by atoms with Crippen molar-refractivity contribution in [2.24, 2.45) is 0 Å². The SMILES string of the molecule is CC1C(=O)Nc2c(C(O)Cc3ccccc3)cc(F)cc21. The maximum absolute atomic E-state index is 13.8. The van der Waals surface area contributed by atoms with Crippen molar-refractivity contribution in [3.8, 4) is 0 Å². The van der Waals surface area contributed by atoms with E-state index in [1.807, 2.05) is 30.3 Å². The summed E-state index contributed by atoms with van der Waals surface area (Å²) in [5, 5.41) is 13.2. The Hall–Kier alpha value is -2.20. The summed E-state index contributed by atoms with van der Waals surface area (Å²) < 4.78 is 13.8. The van der Waals surface area contributed by atoms with E-state index in [1.165, 1.54) is 12.1 Å². The number of halogens is 1. The van der Waals surface area contributed by atoms with E-state index in [4.69, 9.17) is 0 Å². The lowest BCUT2D eigenvalue weighted by Gasteiger charge is -2.15.